The highest BCUT2D eigenvalue weighted by molar-refractivity contribution is 6.04. The molecule has 0 radical (unpaired) electrons. The first-order valence-electron chi connectivity index (χ1n) is 9.46. The van der Waals surface area contributed by atoms with Crippen molar-refractivity contribution in [3.63, 3.8) is 0 Å². The SMILES string of the molecule is CCNc1ncc(-c2cc(NC(=O)c3cccc(C(F)(F)F)c3)ccc2C)cc1C#N. The van der Waals surface area contributed by atoms with Crippen molar-refractivity contribution in [2.75, 3.05) is 17.2 Å². The normalized spacial score (nSPS) is 11.0. The standard InChI is InChI=1S/C23H19F3N4O/c1-3-28-21-16(12-27)9-17(13-29-21)20-11-19(8-7-14(20)2)30-22(31)15-5-4-6-18(10-15)23(24,25)26/h4-11,13H,3H2,1-2H3,(H,28,29)(H,30,31). The molecule has 0 atom stereocenters. The Morgan fingerprint density at radius 3 is 2.61 bits per heavy atom. The zero-order valence-corrected chi connectivity index (χ0v) is 16.8. The van der Waals surface area contributed by atoms with Gasteiger partial charge in [-0.3, -0.25) is 4.79 Å². The number of aromatic nitrogens is 1. The van der Waals surface area contributed by atoms with Crippen LogP contribution >= 0.6 is 0 Å². The van der Waals surface area contributed by atoms with Crippen LogP contribution in [0.5, 0.6) is 0 Å². The second-order valence-corrected chi connectivity index (χ2v) is 6.82. The van der Waals surface area contributed by atoms with Crippen molar-refractivity contribution in [1.29, 1.82) is 5.26 Å². The van der Waals surface area contributed by atoms with Crippen molar-refractivity contribution >= 4 is 17.4 Å². The summed E-state index contributed by atoms with van der Waals surface area (Å²) in [6.45, 7) is 4.40. The number of hydrogen-bond donors (Lipinski definition) is 2. The van der Waals surface area contributed by atoms with Crippen molar-refractivity contribution in [3.8, 4) is 17.2 Å². The van der Waals surface area contributed by atoms with Crippen LogP contribution in [0.1, 0.15) is 34.0 Å². The number of aryl methyl sites for hydroxylation is 1. The Labute approximate surface area is 177 Å². The number of amides is 1. The molecule has 5 nitrogen and oxygen atoms in total. The van der Waals surface area contributed by atoms with E-state index in [1.165, 1.54) is 12.1 Å². The number of pyridine rings is 1. The van der Waals surface area contributed by atoms with Gasteiger partial charge in [-0.1, -0.05) is 12.1 Å². The lowest BCUT2D eigenvalue weighted by atomic mass is 10.00. The lowest BCUT2D eigenvalue weighted by Gasteiger charge is -2.13. The largest absolute Gasteiger partial charge is 0.416 e. The summed E-state index contributed by atoms with van der Waals surface area (Å²) in [5, 5.41) is 15.0. The van der Waals surface area contributed by atoms with E-state index in [2.05, 4.69) is 21.7 Å². The number of anilines is 2. The topological polar surface area (TPSA) is 77.8 Å². The zero-order chi connectivity index (χ0) is 22.6. The Morgan fingerprint density at radius 1 is 1.16 bits per heavy atom. The van der Waals surface area contributed by atoms with Crippen LogP contribution in [0.3, 0.4) is 0 Å². The minimum atomic E-state index is -4.53. The molecular formula is C23H19F3N4O. The molecule has 0 fully saturated rings. The molecule has 0 unspecified atom stereocenters. The van der Waals surface area contributed by atoms with Gasteiger partial charge in [0.15, 0.2) is 0 Å². The molecule has 3 aromatic rings. The van der Waals surface area contributed by atoms with Crippen LogP contribution in [-0.2, 0) is 6.18 Å². The first kappa shape index (κ1) is 21.8. The van der Waals surface area contributed by atoms with Crippen molar-refractivity contribution in [1.82, 2.24) is 4.98 Å². The first-order valence-corrected chi connectivity index (χ1v) is 9.46. The quantitative estimate of drug-likeness (QED) is 0.556. The second-order valence-electron chi connectivity index (χ2n) is 6.82. The van der Waals surface area contributed by atoms with E-state index in [1.54, 1.807) is 30.5 Å². The molecule has 0 aliphatic heterocycles. The van der Waals surface area contributed by atoms with Gasteiger partial charge in [-0.15, -0.1) is 0 Å². The average Bonchev–Trinajstić information content (AvgIpc) is 2.75. The number of carbonyl (C=O) groups is 1. The minimum absolute atomic E-state index is 0.0969. The molecule has 1 aromatic heterocycles. The predicted molar refractivity (Wildman–Crippen MR) is 113 cm³/mol. The lowest BCUT2D eigenvalue weighted by molar-refractivity contribution is -0.137. The molecular weight excluding hydrogens is 405 g/mol. The molecule has 31 heavy (non-hydrogen) atoms. The molecule has 1 heterocycles. The van der Waals surface area contributed by atoms with Gasteiger partial charge in [0, 0.05) is 29.6 Å². The van der Waals surface area contributed by atoms with E-state index >= 15 is 0 Å². The smallest absolute Gasteiger partial charge is 0.369 e. The van der Waals surface area contributed by atoms with Gasteiger partial charge in [-0.25, -0.2) is 4.98 Å². The Kier molecular flexibility index (Phi) is 6.25. The Balaban J connectivity index is 1.90. The molecule has 0 aliphatic rings. The molecule has 3 rings (SSSR count). The van der Waals surface area contributed by atoms with Gasteiger partial charge in [0.25, 0.3) is 5.91 Å². The maximum absolute atomic E-state index is 12.9. The molecule has 2 aromatic carbocycles. The Hall–Kier alpha value is -3.86. The van der Waals surface area contributed by atoms with Crippen LogP contribution in [0.2, 0.25) is 0 Å². The molecule has 0 aliphatic carbocycles. The monoisotopic (exact) mass is 424 g/mol. The summed E-state index contributed by atoms with van der Waals surface area (Å²) in [5.74, 6) is -0.167. The van der Waals surface area contributed by atoms with E-state index in [9.17, 15) is 23.2 Å². The van der Waals surface area contributed by atoms with Crippen LogP contribution in [-0.4, -0.2) is 17.4 Å². The fourth-order valence-corrected chi connectivity index (χ4v) is 3.06. The number of alkyl halides is 3. The van der Waals surface area contributed by atoms with Crippen molar-refractivity contribution in [2.24, 2.45) is 0 Å². The Morgan fingerprint density at radius 2 is 1.94 bits per heavy atom. The van der Waals surface area contributed by atoms with Crippen molar-refractivity contribution in [3.05, 3.63) is 77.0 Å². The molecule has 0 spiro atoms. The number of rotatable bonds is 5. The molecule has 0 saturated carbocycles. The summed E-state index contributed by atoms with van der Waals surface area (Å²) >= 11 is 0. The second kappa shape index (κ2) is 8.88. The summed E-state index contributed by atoms with van der Waals surface area (Å²) in [5.41, 5.74) is 2.13. The number of nitriles is 1. The number of nitrogens with one attached hydrogen (secondary N) is 2. The molecule has 0 saturated heterocycles. The number of carbonyl (C=O) groups excluding carboxylic acids is 1. The highest BCUT2D eigenvalue weighted by atomic mass is 19.4. The third kappa shape index (κ3) is 5.01. The molecule has 0 bridgehead atoms. The summed E-state index contributed by atoms with van der Waals surface area (Å²) in [4.78, 5) is 16.8. The van der Waals surface area contributed by atoms with Crippen LogP contribution in [0.25, 0.3) is 11.1 Å². The Bertz CT molecular complexity index is 1170. The summed E-state index contributed by atoms with van der Waals surface area (Å²) in [6.07, 6.45) is -2.91. The summed E-state index contributed by atoms with van der Waals surface area (Å²) < 4.78 is 38.8. The van der Waals surface area contributed by atoms with Gasteiger partial charge >= 0.3 is 6.18 Å². The van der Waals surface area contributed by atoms with E-state index < -0.39 is 17.6 Å². The average molecular weight is 424 g/mol. The third-order valence-electron chi connectivity index (χ3n) is 4.61. The van der Waals surface area contributed by atoms with E-state index in [-0.39, 0.29) is 5.56 Å². The van der Waals surface area contributed by atoms with Gasteiger partial charge < -0.3 is 10.6 Å². The van der Waals surface area contributed by atoms with Crippen molar-refractivity contribution < 1.29 is 18.0 Å². The summed E-state index contributed by atoms with van der Waals surface area (Å²) in [6, 6.07) is 13.2. The number of halogens is 3. The van der Waals surface area contributed by atoms with Crippen molar-refractivity contribution in [2.45, 2.75) is 20.0 Å². The van der Waals surface area contributed by atoms with Gasteiger partial charge in [0.2, 0.25) is 0 Å². The van der Waals surface area contributed by atoms with Gasteiger partial charge in [0.1, 0.15) is 11.9 Å². The summed E-state index contributed by atoms with van der Waals surface area (Å²) in [7, 11) is 0. The van der Waals surface area contributed by atoms with Crippen LogP contribution in [0.15, 0.2) is 54.7 Å². The minimum Gasteiger partial charge on any atom is -0.369 e. The zero-order valence-electron chi connectivity index (χ0n) is 16.8. The first-order chi connectivity index (χ1) is 14.7. The van der Waals surface area contributed by atoms with E-state index in [4.69, 9.17) is 0 Å². The maximum Gasteiger partial charge on any atom is 0.416 e. The maximum atomic E-state index is 12.9. The van der Waals surface area contributed by atoms with E-state index in [0.29, 0.717) is 29.2 Å². The fraction of sp³-hybridized carbons (Fsp3) is 0.174. The van der Waals surface area contributed by atoms with Crippen LogP contribution < -0.4 is 10.6 Å². The van der Waals surface area contributed by atoms with E-state index in [0.717, 1.165) is 23.3 Å². The molecule has 2 N–H and O–H groups in total. The molecule has 1 amide bonds. The molecule has 158 valence electrons. The fourth-order valence-electron chi connectivity index (χ4n) is 3.06. The van der Waals surface area contributed by atoms with Crippen LogP contribution in [0, 0.1) is 18.3 Å². The van der Waals surface area contributed by atoms with Gasteiger partial charge in [-0.2, -0.15) is 18.4 Å². The number of nitrogens with zero attached hydrogens (tertiary/aromatic N) is 2. The third-order valence-corrected chi connectivity index (χ3v) is 4.61. The molecule has 8 heteroatoms. The van der Waals surface area contributed by atoms with Gasteiger partial charge in [-0.05, 0) is 61.4 Å². The predicted octanol–water partition coefficient (Wildman–Crippen LogP) is 5.63. The lowest BCUT2D eigenvalue weighted by Crippen LogP contribution is -2.14. The highest BCUT2D eigenvalue weighted by Crippen LogP contribution is 2.31. The number of benzene rings is 2. The number of hydrogen-bond acceptors (Lipinski definition) is 4. The highest BCUT2D eigenvalue weighted by Gasteiger charge is 2.30. The van der Waals surface area contributed by atoms with Crippen LogP contribution in [0.4, 0.5) is 24.7 Å². The van der Waals surface area contributed by atoms with E-state index in [1.807, 2.05) is 13.8 Å². The van der Waals surface area contributed by atoms with Gasteiger partial charge in [0.05, 0.1) is 11.1 Å².